The van der Waals surface area contributed by atoms with E-state index < -0.39 is 0 Å². The summed E-state index contributed by atoms with van der Waals surface area (Å²) in [5, 5.41) is 6.05. The van der Waals surface area contributed by atoms with Gasteiger partial charge >= 0.3 is 0 Å². The van der Waals surface area contributed by atoms with E-state index in [0.717, 1.165) is 11.3 Å². The Kier molecular flexibility index (Phi) is 5.77. The third kappa shape index (κ3) is 4.80. The van der Waals surface area contributed by atoms with Gasteiger partial charge in [-0.3, -0.25) is 9.78 Å². The molecule has 3 rings (SSSR count). The molecule has 0 saturated carbocycles. The Morgan fingerprint density at radius 3 is 2.46 bits per heavy atom. The number of amides is 1. The third-order valence-corrected chi connectivity index (χ3v) is 3.67. The van der Waals surface area contributed by atoms with Crippen LogP contribution < -0.4 is 15.4 Å². The largest absolute Gasteiger partial charge is 0.494 e. The Hall–Kier alpha value is -3.41. The Balaban J connectivity index is 1.56. The molecule has 2 heterocycles. The number of rotatable bonds is 7. The number of carbonyl (C=O) groups is 1. The number of nitrogens with one attached hydrogen (secondary N) is 2. The van der Waals surface area contributed by atoms with Crippen molar-refractivity contribution in [1.29, 1.82) is 0 Å². The zero-order valence-electron chi connectivity index (χ0n) is 14.5. The zero-order valence-corrected chi connectivity index (χ0v) is 14.5. The van der Waals surface area contributed by atoms with Crippen LogP contribution in [-0.2, 0) is 6.54 Å². The lowest BCUT2D eigenvalue weighted by molar-refractivity contribution is 0.102. The second-order valence-electron chi connectivity index (χ2n) is 5.55. The maximum atomic E-state index is 12.3. The summed E-state index contributed by atoms with van der Waals surface area (Å²) in [6, 6.07) is 14.7. The van der Waals surface area contributed by atoms with E-state index in [4.69, 9.17) is 4.74 Å². The van der Waals surface area contributed by atoms with Crippen molar-refractivity contribution < 1.29 is 9.53 Å². The van der Waals surface area contributed by atoms with Crippen LogP contribution in [0.4, 0.5) is 11.5 Å². The van der Waals surface area contributed by atoms with E-state index in [9.17, 15) is 4.79 Å². The summed E-state index contributed by atoms with van der Waals surface area (Å²) in [5.74, 6) is 1.28. The lowest BCUT2D eigenvalue weighted by Crippen LogP contribution is -2.12. The van der Waals surface area contributed by atoms with Crippen LogP contribution in [0.3, 0.4) is 0 Å². The van der Waals surface area contributed by atoms with Crippen LogP contribution in [0.1, 0.15) is 22.8 Å². The first-order valence-electron chi connectivity index (χ1n) is 8.37. The van der Waals surface area contributed by atoms with Gasteiger partial charge in [0.05, 0.1) is 12.2 Å². The molecule has 2 aromatic heterocycles. The van der Waals surface area contributed by atoms with Crippen LogP contribution in [0, 0.1) is 0 Å². The van der Waals surface area contributed by atoms with Crippen LogP contribution in [0.5, 0.6) is 5.75 Å². The normalized spacial score (nSPS) is 10.2. The summed E-state index contributed by atoms with van der Waals surface area (Å²) in [5.41, 5.74) is 2.31. The molecule has 0 atom stereocenters. The molecule has 0 aliphatic carbocycles. The second kappa shape index (κ2) is 8.62. The highest BCUT2D eigenvalue weighted by molar-refractivity contribution is 6.04. The third-order valence-electron chi connectivity index (χ3n) is 3.67. The minimum Gasteiger partial charge on any atom is -0.494 e. The lowest BCUT2D eigenvalue weighted by Gasteiger charge is -2.08. The molecule has 26 heavy (non-hydrogen) atoms. The highest BCUT2D eigenvalue weighted by Crippen LogP contribution is 2.16. The first-order chi connectivity index (χ1) is 12.7. The van der Waals surface area contributed by atoms with Crippen LogP contribution in [0.15, 0.2) is 67.1 Å². The molecule has 6 nitrogen and oxygen atoms in total. The fourth-order valence-corrected chi connectivity index (χ4v) is 2.33. The van der Waals surface area contributed by atoms with Gasteiger partial charge in [0.25, 0.3) is 5.91 Å². The Labute approximate surface area is 152 Å². The van der Waals surface area contributed by atoms with E-state index in [1.807, 2.05) is 31.2 Å². The summed E-state index contributed by atoms with van der Waals surface area (Å²) >= 11 is 0. The Bertz CT molecular complexity index is 834. The monoisotopic (exact) mass is 348 g/mol. The number of nitrogens with zero attached hydrogens (tertiary/aromatic N) is 2. The Morgan fingerprint density at radius 2 is 1.81 bits per heavy atom. The molecule has 0 spiro atoms. The quantitative estimate of drug-likeness (QED) is 0.680. The SMILES string of the molecule is CCOc1ccc(NC(=O)c2ccc(NCc3ccncc3)nc2)cc1. The van der Waals surface area contributed by atoms with Crippen LogP contribution in [0.2, 0.25) is 0 Å². The van der Waals surface area contributed by atoms with Gasteiger partial charge in [0.2, 0.25) is 0 Å². The van der Waals surface area contributed by atoms with Crippen molar-refractivity contribution in [3.8, 4) is 5.75 Å². The fourth-order valence-electron chi connectivity index (χ4n) is 2.33. The van der Waals surface area contributed by atoms with Crippen molar-refractivity contribution in [2.75, 3.05) is 17.2 Å². The Morgan fingerprint density at radius 1 is 1.04 bits per heavy atom. The van der Waals surface area contributed by atoms with E-state index in [1.54, 1.807) is 42.9 Å². The van der Waals surface area contributed by atoms with Crippen molar-refractivity contribution in [2.24, 2.45) is 0 Å². The molecule has 0 unspecified atom stereocenters. The van der Waals surface area contributed by atoms with E-state index in [1.165, 1.54) is 0 Å². The van der Waals surface area contributed by atoms with Crippen LogP contribution >= 0.6 is 0 Å². The molecule has 1 amide bonds. The standard InChI is InChI=1S/C20H20N4O2/c1-2-26-18-6-4-17(5-7-18)24-20(25)16-3-8-19(23-14-16)22-13-15-9-11-21-12-10-15/h3-12,14H,2,13H2,1H3,(H,22,23)(H,24,25). The van der Waals surface area contributed by atoms with Gasteiger partial charge in [0.15, 0.2) is 0 Å². The van der Waals surface area contributed by atoms with Gasteiger partial charge < -0.3 is 15.4 Å². The van der Waals surface area contributed by atoms with Gasteiger partial charge in [-0.05, 0) is 61.0 Å². The van der Waals surface area contributed by atoms with Crippen molar-refractivity contribution in [3.05, 3.63) is 78.2 Å². The highest BCUT2D eigenvalue weighted by atomic mass is 16.5. The molecular formula is C20H20N4O2. The van der Waals surface area contributed by atoms with E-state index >= 15 is 0 Å². The van der Waals surface area contributed by atoms with E-state index in [2.05, 4.69) is 20.6 Å². The highest BCUT2D eigenvalue weighted by Gasteiger charge is 2.07. The molecule has 0 saturated heterocycles. The minimum atomic E-state index is -0.206. The smallest absolute Gasteiger partial charge is 0.257 e. The number of aromatic nitrogens is 2. The van der Waals surface area contributed by atoms with Crippen molar-refractivity contribution >= 4 is 17.4 Å². The lowest BCUT2D eigenvalue weighted by atomic mass is 10.2. The molecule has 6 heteroatoms. The minimum absolute atomic E-state index is 0.206. The molecule has 0 radical (unpaired) electrons. The molecule has 1 aromatic carbocycles. The van der Waals surface area contributed by atoms with Crippen molar-refractivity contribution in [3.63, 3.8) is 0 Å². The number of benzene rings is 1. The second-order valence-corrected chi connectivity index (χ2v) is 5.55. The summed E-state index contributed by atoms with van der Waals surface area (Å²) in [4.78, 5) is 20.6. The summed E-state index contributed by atoms with van der Waals surface area (Å²) < 4.78 is 5.39. The van der Waals surface area contributed by atoms with Crippen LogP contribution in [0.25, 0.3) is 0 Å². The number of pyridine rings is 2. The summed E-state index contributed by atoms with van der Waals surface area (Å²) in [6.45, 7) is 3.18. The topological polar surface area (TPSA) is 76.1 Å². The van der Waals surface area contributed by atoms with Gasteiger partial charge in [-0.2, -0.15) is 0 Å². The van der Waals surface area contributed by atoms with Gasteiger partial charge in [-0.1, -0.05) is 0 Å². The summed E-state index contributed by atoms with van der Waals surface area (Å²) in [6.07, 6.45) is 5.05. The molecule has 0 fully saturated rings. The predicted molar refractivity (Wildman–Crippen MR) is 101 cm³/mol. The molecule has 0 aliphatic heterocycles. The molecule has 0 aliphatic rings. The first-order valence-corrected chi connectivity index (χ1v) is 8.37. The van der Waals surface area contributed by atoms with Crippen LogP contribution in [-0.4, -0.2) is 22.5 Å². The molecule has 132 valence electrons. The van der Waals surface area contributed by atoms with E-state index in [-0.39, 0.29) is 5.91 Å². The maximum absolute atomic E-state index is 12.3. The predicted octanol–water partition coefficient (Wildman–Crippen LogP) is 3.74. The average Bonchev–Trinajstić information content (AvgIpc) is 2.69. The number of hydrogen-bond acceptors (Lipinski definition) is 5. The molecule has 3 aromatic rings. The van der Waals surface area contributed by atoms with Gasteiger partial charge in [-0.25, -0.2) is 4.98 Å². The number of hydrogen-bond donors (Lipinski definition) is 2. The first kappa shape index (κ1) is 17.4. The fraction of sp³-hybridized carbons (Fsp3) is 0.150. The number of carbonyl (C=O) groups excluding carboxylic acids is 1. The van der Waals surface area contributed by atoms with Gasteiger partial charge in [0.1, 0.15) is 11.6 Å². The zero-order chi connectivity index (χ0) is 18.2. The van der Waals surface area contributed by atoms with Gasteiger partial charge in [-0.15, -0.1) is 0 Å². The molecule has 0 bridgehead atoms. The van der Waals surface area contributed by atoms with Gasteiger partial charge in [0, 0.05) is 30.8 Å². The maximum Gasteiger partial charge on any atom is 0.257 e. The number of ether oxygens (including phenoxy) is 1. The summed E-state index contributed by atoms with van der Waals surface area (Å²) in [7, 11) is 0. The van der Waals surface area contributed by atoms with Crippen molar-refractivity contribution in [2.45, 2.75) is 13.5 Å². The average molecular weight is 348 g/mol. The molecular weight excluding hydrogens is 328 g/mol. The van der Waals surface area contributed by atoms with E-state index in [0.29, 0.717) is 30.2 Å². The number of anilines is 2. The molecule has 2 N–H and O–H groups in total. The van der Waals surface area contributed by atoms with Crippen molar-refractivity contribution in [1.82, 2.24) is 9.97 Å².